The Hall–Kier alpha value is -2.91. The molecule has 164 valence electrons. The fourth-order valence-corrected chi connectivity index (χ4v) is 3.79. The van der Waals surface area contributed by atoms with E-state index in [0.717, 1.165) is 47.7 Å². The molecule has 4 heterocycles. The maximum atomic E-state index is 6.11. The average Bonchev–Trinajstić information content (AvgIpc) is 3.13. The Morgan fingerprint density at radius 2 is 1.97 bits per heavy atom. The quantitative estimate of drug-likeness (QED) is 0.670. The lowest BCUT2D eigenvalue weighted by Crippen LogP contribution is -2.52. The van der Waals surface area contributed by atoms with E-state index in [-0.39, 0.29) is 18.3 Å². The highest BCUT2D eigenvalue weighted by atomic mass is 16.5. The van der Waals surface area contributed by atoms with E-state index in [1.54, 1.807) is 7.11 Å². The minimum absolute atomic E-state index is 0.0294. The Bertz CT molecular complexity index is 1070. The van der Waals surface area contributed by atoms with Crippen molar-refractivity contribution in [2.75, 3.05) is 38.3 Å². The van der Waals surface area contributed by atoms with Crippen molar-refractivity contribution in [2.24, 2.45) is 0 Å². The Labute approximate surface area is 180 Å². The van der Waals surface area contributed by atoms with Crippen LogP contribution in [0, 0.1) is 0 Å². The molecule has 4 bridgehead atoms. The second-order valence-corrected chi connectivity index (χ2v) is 8.16. The molecule has 2 aliphatic rings. The number of hydrogen-bond donors (Lipinski definition) is 1. The molecule has 0 spiro atoms. The van der Waals surface area contributed by atoms with E-state index in [2.05, 4.69) is 25.1 Å². The summed E-state index contributed by atoms with van der Waals surface area (Å²) in [4.78, 5) is 11.5. The fraction of sp³-hybridized carbons (Fsp3) is 0.500. The van der Waals surface area contributed by atoms with Crippen molar-refractivity contribution < 1.29 is 18.9 Å². The topological polar surface area (TPSA) is 94.6 Å². The largest absolute Gasteiger partial charge is 0.491 e. The second kappa shape index (κ2) is 8.32. The van der Waals surface area contributed by atoms with Crippen LogP contribution in [0.15, 0.2) is 24.3 Å². The number of aromatic amines is 1. The molecule has 2 atom stereocenters. The second-order valence-electron chi connectivity index (χ2n) is 8.16. The zero-order chi connectivity index (χ0) is 21.4. The number of benzene rings is 1. The van der Waals surface area contributed by atoms with Gasteiger partial charge in [0.1, 0.15) is 29.1 Å². The van der Waals surface area contributed by atoms with Gasteiger partial charge in [-0.25, -0.2) is 0 Å². The number of rotatable bonds is 2. The van der Waals surface area contributed by atoms with Crippen molar-refractivity contribution in [3.63, 3.8) is 0 Å². The highest BCUT2D eigenvalue weighted by Gasteiger charge is 2.29. The van der Waals surface area contributed by atoms with Crippen LogP contribution in [0.4, 0.5) is 5.82 Å². The van der Waals surface area contributed by atoms with Crippen LogP contribution in [-0.4, -0.2) is 71.9 Å². The number of methoxy groups -OCH3 is 1. The third-order valence-corrected chi connectivity index (χ3v) is 5.64. The van der Waals surface area contributed by atoms with E-state index >= 15 is 0 Å². The molecule has 3 aromatic rings. The summed E-state index contributed by atoms with van der Waals surface area (Å²) in [5, 5.41) is 8.58. The molecule has 0 saturated carbocycles. The van der Waals surface area contributed by atoms with Crippen molar-refractivity contribution in [2.45, 2.75) is 38.6 Å². The van der Waals surface area contributed by atoms with Crippen LogP contribution >= 0.6 is 0 Å². The summed E-state index contributed by atoms with van der Waals surface area (Å²) in [5.41, 5.74) is 2.35. The van der Waals surface area contributed by atoms with Crippen LogP contribution in [0.5, 0.6) is 11.8 Å². The maximum absolute atomic E-state index is 6.11. The first-order chi connectivity index (χ1) is 15.1. The Morgan fingerprint density at radius 1 is 1.10 bits per heavy atom. The van der Waals surface area contributed by atoms with E-state index in [1.807, 2.05) is 38.1 Å². The lowest BCUT2D eigenvalue weighted by atomic mass is 10.1. The zero-order valence-corrected chi connectivity index (χ0v) is 18.0. The van der Waals surface area contributed by atoms with Gasteiger partial charge in [0.25, 0.3) is 0 Å². The molecule has 1 fully saturated rings. The van der Waals surface area contributed by atoms with Crippen molar-refractivity contribution in [1.82, 2.24) is 20.2 Å². The van der Waals surface area contributed by atoms with Crippen molar-refractivity contribution in [3.8, 4) is 23.1 Å². The Morgan fingerprint density at radius 3 is 2.81 bits per heavy atom. The van der Waals surface area contributed by atoms with E-state index in [4.69, 9.17) is 18.9 Å². The summed E-state index contributed by atoms with van der Waals surface area (Å²) in [6, 6.07) is 8.19. The van der Waals surface area contributed by atoms with Crippen molar-refractivity contribution >= 4 is 16.7 Å². The normalized spacial score (nSPS) is 22.4. The molecule has 0 radical (unpaired) electrons. The summed E-state index contributed by atoms with van der Waals surface area (Å²) in [6.07, 6.45) is 0.840. The SMILES string of the molecule is COC1CN(c2cc3nc(n2)O[C@H](C)COCC[C@H](C)Oc2ccc4[nH]nc-3c4c2)C1. The van der Waals surface area contributed by atoms with Crippen molar-refractivity contribution in [3.05, 3.63) is 24.3 Å². The number of aromatic nitrogens is 4. The van der Waals surface area contributed by atoms with Gasteiger partial charge in [0.05, 0.1) is 30.9 Å². The fourth-order valence-electron chi connectivity index (χ4n) is 3.79. The lowest BCUT2D eigenvalue weighted by Gasteiger charge is -2.39. The smallest absolute Gasteiger partial charge is 0.319 e. The number of hydrogen-bond acceptors (Lipinski definition) is 8. The first-order valence-electron chi connectivity index (χ1n) is 10.7. The molecule has 0 unspecified atom stereocenters. The van der Waals surface area contributed by atoms with Gasteiger partial charge >= 0.3 is 6.01 Å². The summed E-state index contributed by atoms with van der Waals surface area (Å²) in [5.74, 6) is 1.59. The van der Waals surface area contributed by atoms with Gasteiger partial charge in [0.2, 0.25) is 0 Å². The Balaban J connectivity index is 1.58. The van der Waals surface area contributed by atoms with Crippen LogP contribution in [0.1, 0.15) is 20.3 Å². The van der Waals surface area contributed by atoms with Crippen LogP contribution in [-0.2, 0) is 9.47 Å². The molecule has 1 N–H and O–H groups in total. The van der Waals surface area contributed by atoms with Gasteiger partial charge in [0.15, 0.2) is 0 Å². The molecule has 2 aliphatic heterocycles. The highest BCUT2D eigenvalue weighted by molar-refractivity contribution is 5.93. The standard InChI is InChI=1S/C22H27N5O4/c1-13-6-7-29-12-14(2)31-22-23-19(9-20(24-22)27-10-16(11-27)28-3)21-17-8-15(30-13)4-5-18(17)25-26-21/h4-5,8-9,13-14,16H,6-7,10-12H2,1-3H3,(H,25,26)/t13-,14+/m0/s1. The van der Waals surface area contributed by atoms with Crippen LogP contribution < -0.4 is 14.4 Å². The Kier molecular flexibility index (Phi) is 5.37. The molecule has 9 heteroatoms. The predicted molar refractivity (Wildman–Crippen MR) is 116 cm³/mol. The summed E-state index contributed by atoms with van der Waals surface area (Å²) in [6.45, 7) is 6.60. The highest BCUT2D eigenvalue weighted by Crippen LogP contribution is 2.32. The van der Waals surface area contributed by atoms with E-state index < -0.39 is 0 Å². The van der Waals surface area contributed by atoms with E-state index in [9.17, 15) is 0 Å². The van der Waals surface area contributed by atoms with Gasteiger partial charge in [-0.1, -0.05) is 0 Å². The minimum Gasteiger partial charge on any atom is -0.491 e. The first-order valence-corrected chi connectivity index (χ1v) is 10.7. The monoisotopic (exact) mass is 425 g/mol. The van der Waals surface area contributed by atoms with Crippen LogP contribution in [0.25, 0.3) is 22.3 Å². The van der Waals surface area contributed by atoms with Crippen molar-refractivity contribution in [1.29, 1.82) is 0 Å². The number of H-pyrrole nitrogens is 1. The number of anilines is 1. The third kappa shape index (κ3) is 4.15. The maximum Gasteiger partial charge on any atom is 0.319 e. The molecule has 2 aromatic heterocycles. The van der Waals surface area contributed by atoms with Crippen LogP contribution in [0.3, 0.4) is 0 Å². The molecular weight excluding hydrogens is 398 g/mol. The molecular formula is C22H27N5O4. The average molecular weight is 425 g/mol. The number of nitrogens with one attached hydrogen (secondary N) is 1. The molecule has 1 saturated heterocycles. The van der Waals surface area contributed by atoms with E-state index in [0.29, 0.717) is 24.9 Å². The molecule has 31 heavy (non-hydrogen) atoms. The van der Waals surface area contributed by atoms with Crippen LogP contribution in [0.2, 0.25) is 0 Å². The summed E-state index contributed by atoms with van der Waals surface area (Å²) < 4.78 is 23.3. The predicted octanol–water partition coefficient (Wildman–Crippen LogP) is 2.81. The van der Waals surface area contributed by atoms with Gasteiger partial charge in [-0.15, -0.1) is 0 Å². The molecule has 0 amide bonds. The van der Waals surface area contributed by atoms with Gasteiger partial charge in [-0.3, -0.25) is 5.10 Å². The third-order valence-electron chi connectivity index (χ3n) is 5.64. The molecule has 0 aliphatic carbocycles. The van der Waals surface area contributed by atoms with E-state index in [1.165, 1.54) is 0 Å². The molecule has 9 nitrogen and oxygen atoms in total. The summed E-state index contributed by atoms with van der Waals surface area (Å²) >= 11 is 0. The zero-order valence-electron chi connectivity index (χ0n) is 18.0. The molecule has 1 aromatic carbocycles. The van der Waals surface area contributed by atoms with Gasteiger partial charge in [-0.2, -0.15) is 15.1 Å². The van der Waals surface area contributed by atoms with Gasteiger partial charge < -0.3 is 23.8 Å². The number of nitrogens with zero attached hydrogens (tertiary/aromatic N) is 4. The number of ether oxygens (including phenoxy) is 4. The summed E-state index contributed by atoms with van der Waals surface area (Å²) in [7, 11) is 1.73. The van der Waals surface area contributed by atoms with Gasteiger partial charge in [-0.05, 0) is 32.0 Å². The minimum atomic E-state index is -0.187. The van der Waals surface area contributed by atoms with Gasteiger partial charge in [0, 0.05) is 38.1 Å². The first kappa shape index (κ1) is 20.0. The lowest BCUT2D eigenvalue weighted by molar-refractivity contribution is 0.0405. The number of fused-ring (bicyclic) bond motifs is 4. The molecule has 5 rings (SSSR count).